The summed E-state index contributed by atoms with van der Waals surface area (Å²) in [6.07, 6.45) is 0.0788. The second-order valence-electron chi connectivity index (χ2n) is 3.62. The smallest absolute Gasteiger partial charge is 0.324 e. The van der Waals surface area contributed by atoms with Crippen LogP contribution in [0.25, 0.3) is 0 Å². The van der Waals surface area contributed by atoms with Crippen LogP contribution in [0.2, 0.25) is 0 Å². The maximum Gasteiger partial charge on any atom is 0.324 e. The average Bonchev–Trinajstić information content (AvgIpc) is 2.60. The van der Waals surface area contributed by atoms with E-state index < -0.39 is 6.72 Å². The van der Waals surface area contributed by atoms with E-state index in [-0.39, 0.29) is 24.7 Å². The minimum absolute atomic E-state index is 0.124. The Labute approximate surface area is 99.4 Å². The summed E-state index contributed by atoms with van der Waals surface area (Å²) in [7, 11) is 1.28. The van der Waals surface area contributed by atoms with Crippen LogP contribution in [0.15, 0.2) is 0 Å². The second-order valence-corrected chi connectivity index (χ2v) is 6.52. The quantitative estimate of drug-likeness (QED) is 0.691. The van der Waals surface area contributed by atoms with E-state index in [1.807, 2.05) is 0 Å². The molecule has 0 aromatic heterocycles. The third-order valence-corrected chi connectivity index (χ3v) is 4.24. The number of carbonyl (C=O) groups is 1. The minimum atomic E-state index is -3.20. The highest BCUT2D eigenvalue weighted by Gasteiger charge is 2.36. The molecule has 0 aliphatic carbocycles. The molecule has 16 heavy (non-hydrogen) atoms. The van der Waals surface area contributed by atoms with E-state index in [2.05, 4.69) is 4.52 Å². The molecule has 1 aliphatic rings. The van der Waals surface area contributed by atoms with Crippen molar-refractivity contribution in [1.29, 1.82) is 0 Å². The van der Waals surface area contributed by atoms with Crippen molar-refractivity contribution in [2.45, 2.75) is 25.5 Å². The lowest BCUT2D eigenvalue weighted by Crippen LogP contribution is -2.36. The van der Waals surface area contributed by atoms with Crippen molar-refractivity contribution in [3.8, 4) is 0 Å². The summed E-state index contributed by atoms with van der Waals surface area (Å²) in [5, 5.41) is 9.10. The van der Waals surface area contributed by atoms with Crippen molar-refractivity contribution in [3.63, 3.8) is 0 Å². The Kier molecular flexibility index (Phi) is 4.85. The summed E-state index contributed by atoms with van der Waals surface area (Å²) < 4.78 is 9.87. The van der Waals surface area contributed by atoms with Crippen LogP contribution in [0, 0.1) is 0 Å². The number of rotatable bonds is 4. The molecule has 1 fully saturated rings. The molecule has 0 aromatic rings. The van der Waals surface area contributed by atoms with Gasteiger partial charge in [-0.05, 0) is 18.2 Å². The SMILES string of the molecule is COP(O)(=S)OC1CC(CO)N(C(C)=O)C1. The minimum Gasteiger partial charge on any atom is -0.394 e. The molecule has 0 radical (unpaired) electrons. The summed E-state index contributed by atoms with van der Waals surface area (Å²) in [5.41, 5.74) is 0. The fourth-order valence-corrected chi connectivity index (χ4v) is 2.72. The molecule has 6 nitrogen and oxygen atoms in total. The first-order valence-corrected chi connectivity index (χ1v) is 7.43. The van der Waals surface area contributed by atoms with Crippen LogP contribution in [0.1, 0.15) is 13.3 Å². The van der Waals surface area contributed by atoms with Gasteiger partial charge in [0.25, 0.3) is 0 Å². The van der Waals surface area contributed by atoms with Crippen LogP contribution in [-0.4, -0.2) is 53.2 Å². The van der Waals surface area contributed by atoms with Gasteiger partial charge in [0, 0.05) is 20.6 Å². The summed E-state index contributed by atoms with van der Waals surface area (Å²) in [6.45, 7) is -1.58. The molecule has 0 saturated carbocycles. The highest BCUT2D eigenvalue weighted by molar-refractivity contribution is 8.07. The van der Waals surface area contributed by atoms with E-state index in [9.17, 15) is 9.69 Å². The van der Waals surface area contributed by atoms with Gasteiger partial charge < -0.3 is 23.9 Å². The van der Waals surface area contributed by atoms with Crippen molar-refractivity contribution < 1.29 is 23.8 Å². The predicted octanol–water partition coefficient (Wildman–Crippen LogP) is -0.152. The predicted molar refractivity (Wildman–Crippen MR) is 61.3 cm³/mol. The maximum absolute atomic E-state index is 11.2. The van der Waals surface area contributed by atoms with Gasteiger partial charge in [-0.3, -0.25) is 4.79 Å². The molecule has 94 valence electrons. The molecule has 0 bridgehead atoms. The van der Waals surface area contributed by atoms with Crippen molar-refractivity contribution >= 4 is 24.4 Å². The Balaban J connectivity index is 2.61. The largest absolute Gasteiger partial charge is 0.394 e. The third-order valence-electron chi connectivity index (χ3n) is 2.50. The molecule has 1 amide bonds. The standard InChI is InChI=1S/C8H16NO5PS/c1-6(11)9-4-8(3-7(9)5-10)14-15(12,16)13-2/h7-8,10H,3-5H2,1-2H3,(H,12,16). The average molecular weight is 269 g/mol. The van der Waals surface area contributed by atoms with E-state index in [0.717, 1.165) is 0 Å². The van der Waals surface area contributed by atoms with Gasteiger partial charge >= 0.3 is 6.72 Å². The van der Waals surface area contributed by atoms with Gasteiger partial charge in [0.2, 0.25) is 5.91 Å². The monoisotopic (exact) mass is 269 g/mol. The lowest BCUT2D eigenvalue weighted by molar-refractivity contribution is -0.130. The summed E-state index contributed by atoms with van der Waals surface area (Å²) in [5.74, 6) is -0.131. The Morgan fingerprint density at radius 3 is 2.69 bits per heavy atom. The van der Waals surface area contributed by atoms with Crippen LogP contribution in [-0.2, 0) is 25.6 Å². The number of carbonyl (C=O) groups excluding carboxylic acids is 1. The van der Waals surface area contributed by atoms with Gasteiger partial charge in [-0.15, -0.1) is 0 Å². The Hall–Kier alpha value is -0.0400. The molecule has 0 aromatic carbocycles. The van der Waals surface area contributed by atoms with Gasteiger partial charge in [-0.25, -0.2) is 0 Å². The highest BCUT2D eigenvalue weighted by atomic mass is 32.5. The Morgan fingerprint density at radius 2 is 2.31 bits per heavy atom. The molecule has 0 spiro atoms. The molecule has 1 rings (SSSR count). The van der Waals surface area contributed by atoms with Crippen LogP contribution in [0.4, 0.5) is 0 Å². The number of likely N-dealkylation sites (tertiary alicyclic amines) is 1. The fourth-order valence-electron chi connectivity index (χ4n) is 1.74. The van der Waals surface area contributed by atoms with Crippen molar-refractivity contribution in [1.82, 2.24) is 4.90 Å². The van der Waals surface area contributed by atoms with Crippen LogP contribution in [0.3, 0.4) is 0 Å². The van der Waals surface area contributed by atoms with E-state index in [1.54, 1.807) is 0 Å². The van der Waals surface area contributed by atoms with Crippen molar-refractivity contribution in [3.05, 3.63) is 0 Å². The first kappa shape index (κ1) is 14.0. The highest BCUT2D eigenvalue weighted by Crippen LogP contribution is 2.45. The Morgan fingerprint density at radius 1 is 1.69 bits per heavy atom. The number of aliphatic hydroxyl groups excluding tert-OH is 1. The summed E-state index contributed by atoms with van der Waals surface area (Å²) in [6, 6.07) is -0.269. The molecule has 8 heteroatoms. The molecule has 3 unspecified atom stereocenters. The summed E-state index contributed by atoms with van der Waals surface area (Å²) in [4.78, 5) is 22.2. The summed E-state index contributed by atoms with van der Waals surface area (Å²) >= 11 is 4.72. The fraction of sp³-hybridized carbons (Fsp3) is 0.875. The number of hydrogen-bond acceptors (Lipinski definition) is 5. The topological polar surface area (TPSA) is 79.2 Å². The van der Waals surface area contributed by atoms with Gasteiger partial charge in [0.15, 0.2) is 0 Å². The normalized spacial score (nSPS) is 29.1. The van der Waals surface area contributed by atoms with Gasteiger partial charge in [-0.1, -0.05) is 0 Å². The van der Waals surface area contributed by atoms with Crippen LogP contribution in [0.5, 0.6) is 0 Å². The molecule has 2 N–H and O–H groups in total. The number of nitrogens with zero attached hydrogens (tertiary/aromatic N) is 1. The molecule has 1 saturated heterocycles. The van der Waals surface area contributed by atoms with E-state index >= 15 is 0 Å². The zero-order valence-electron chi connectivity index (χ0n) is 9.20. The van der Waals surface area contributed by atoms with Crippen molar-refractivity contribution in [2.75, 3.05) is 20.3 Å². The maximum atomic E-state index is 11.2. The number of aliphatic hydroxyl groups is 1. The zero-order chi connectivity index (χ0) is 12.3. The first-order valence-electron chi connectivity index (χ1n) is 4.84. The van der Waals surface area contributed by atoms with Gasteiger partial charge in [0.1, 0.15) is 0 Å². The van der Waals surface area contributed by atoms with Crippen LogP contribution < -0.4 is 0 Å². The third kappa shape index (κ3) is 3.48. The molecular formula is C8H16NO5PS. The lowest BCUT2D eigenvalue weighted by atomic mass is 10.2. The van der Waals surface area contributed by atoms with Gasteiger partial charge in [-0.2, -0.15) is 0 Å². The second kappa shape index (κ2) is 5.53. The molecular weight excluding hydrogens is 253 g/mol. The van der Waals surface area contributed by atoms with E-state index in [4.69, 9.17) is 21.4 Å². The molecule has 1 aliphatic heterocycles. The van der Waals surface area contributed by atoms with Crippen molar-refractivity contribution in [2.24, 2.45) is 0 Å². The Bertz CT molecular complexity index is 313. The lowest BCUT2D eigenvalue weighted by Gasteiger charge is -2.20. The van der Waals surface area contributed by atoms with Gasteiger partial charge in [0.05, 0.1) is 18.8 Å². The van der Waals surface area contributed by atoms with Crippen LogP contribution >= 0.6 is 6.72 Å². The number of hydrogen-bond donors (Lipinski definition) is 2. The number of amides is 1. The zero-order valence-corrected chi connectivity index (χ0v) is 10.9. The first-order chi connectivity index (χ1) is 7.39. The van der Waals surface area contributed by atoms with E-state index in [1.165, 1.54) is 18.9 Å². The van der Waals surface area contributed by atoms with E-state index in [0.29, 0.717) is 13.0 Å². The molecule has 1 heterocycles. The molecule has 3 atom stereocenters.